The van der Waals surface area contributed by atoms with Crippen LogP contribution in [0.25, 0.3) is 0 Å². The summed E-state index contributed by atoms with van der Waals surface area (Å²) in [6.45, 7) is 3.99. The van der Waals surface area contributed by atoms with Crippen molar-refractivity contribution in [1.82, 2.24) is 9.88 Å². The maximum Gasteiger partial charge on any atom is 0.274 e. The predicted molar refractivity (Wildman–Crippen MR) is 75.7 cm³/mol. The molecule has 1 unspecified atom stereocenters. The fraction of sp³-hybridized carbons (Fsp3) is 0.571. The molecule has 104 valence electrons. The highest BCUT2D eigenvalue weighted by Gasteiger charge is 2.35. The zero-order chi connectivity index (χ0) is 14.0. The summed E-state index contributed by atoms with van der Waals surface area (Å²) < 4.78 is 0. The van der Waals surface area contributed by atoms with E-state index in [1.54, 1.807) is 6.07 Å². The summed E-state index contributed by atoms with van der Waals surface area (Å²) in [5.41, 5.74) is 4.35. The lowest BCUT2D eigenvalue weighted by Gasteiger charge is -2.27. The number of amides is 1. The van der Waals surface area contributed by atoms with Gasteiger partial charge in [-0.2, -0.15) is 0 Å². The number of carbonyl (C=O) groups excluding carboxylic acids is 1. The molecule has 19 heavy (non-hydrogen) atoms. The van der Waals surface area contributed by atoms with Crippen LogP contribution in [0.1, 0.15) is 42.4 Å². The van der Waals surface area contributed by atoms with E-state index < -0.39 is 0 Å². The van der Waals surface area contributed by atoms with Crippen LogP contribution in [-0.2, 0) is 0 Å². The normalized spacial score (nSPS) is 16.0. The van der Waals surface area contributed by atoms with Gasteiger partial charge in [0.2, 0.25) is 0 Å². The lowest BCUT2D eigenvalue weighted by atomic mass is 10.1. The summed E-state index contributed by atoms with van der Waals surface area (Å²) in [6, 6.07) is 3.94. The van der Waals surface area contributed by atoms with Gasteiger partial charge in [-0.1, -0.05) is 6.92 Å². The van der Waals surface area contributed by atoms with Crippen LogP contribution in [0.2, 0.25) is 0 Å². The van der Waals surface area contributed by atoms with Crippen molar-refractivity contribution < 1.29 is 4.79 Å². The number of nitrogens with one attached hydrogen (secondary N) is 1. The number of hydrogen-bond donors (Lipinski definition) is 2. The van der Waals surface area contributed by atoms with Crippen molar-refractivity contribution >= 4 is 11.6 Å². The molecule has 0 aliphatic heterocycles. The molecule has 1 aliphatic carbocycles. The molecule has 0 saturated heterocycles. The van der Waals surface area contributed by atoms with Gasteiger partial charge in [0.15, 0.2) is 5.69 Å². The van der Waals surface area contributed by atoms with Crippen molar-refractivity contribution in [3.8, 4) is 0 Å². The predicted octanol–water partition coefficient (Wildman–Crippen LogP) is 1.94. The van der Waals surface area contributed by atoms with Crippen LogP contribution in [-0.4, -0.2) is 28.9 Å². The molecule has 1 aromatic heterocycles. The van der Waals surface area contributed by atoms with E-state index in [4.69, 9.17) is 5.84 Å². The number of carbonyl (C=O) groups is 1. The van der Waals surface area contributed by atoms with Crippen LogP contribution in [0.15, 0.2) is 12.1 Å². The number of nitrogens with two attached hydrogens (primary N) is 1. The molecule has 0 radical (unpaired) electrons. The van der Waals surface area contributed by atoms with Gasteiger partial charge in [-0.25, -0.2) is 4.98 Å². The van der Waals surface area contributed by atoms with E-state index in [9.17, 15) is 4.79 Å². The third kappa shape index (κ3) is 2.87. The zero-order valence-corrected chi connectivity index (χ0v) is 11.8. The molecule has 1 amide bonds. The van der Waals surface area contributed by atoms with Crippen LogP contribution >= 0.6 is 0 Å². The van der Waals surface area contributed by atoms with Crippen molar-refractivity contribution in [3.05, 3.63) is 23.5 Å². The lowest BCUT2D eigenvalue weighted by Crippen LogP contribution is -2.39. The monoisotopic (exact) mass is 262 g/mol. The first kappa shape index (κ1) is 13.8. The standard InChI is InChI=1S/C14H22N4O/c1-4-12(10-6-7-10)18(3)14(19)13-11(17-15)8-5-9(2)16-13/h5,8,10,12,17H,4,6-7,15H2,1-3H3. The highest BCUT2D eigenvalue weighted by Crippen LogP contribution is 2.37. The van der Waals surface area contributed by atoms with Gasteiger partial charge in [0.1, 0.15) is 0 Å². The molecule has 0 aromatic carbocycles. The zero-order valence-electron chi connectivity index (χ0n) is 11.8. The molecule has 1 aliphatic rings. The van der Waals surface area contributed by atoms with Crippen molar-refractivity contribution in [3.63, 3.8) is 0 Å². The molecule has 0 bridgehead atoms. The third-order valence-corrected chi connectivity index (χ3v) is 3.79. The number of rotatable bonds is 5. The molecule has 1 heterocycles. The first-order chi connectivity index (χ1) is 9.08. The molecule has 5 nitrogen and oxygen atoms in total. The largest absolute Gasteiger partial charge is 0.337 e. The third-order valence-electron chi connectivity index (χ3n) is 3.79. The summed E-state index contributed by atoms with van der Waals surface area (Å²) in [5, 5.41) is 0. The molecular formula is C14H22N4O. The maximum absolute atomic E-state index is 12.6. The summed E-state index contributed by atoms with van der Waals surface area (Å²) in [5.74, 6) is 6.05. The Hall–Kier alpha value is -1.62. The first-order valence-corrected chi connectivity index (χ1v) is 6.79. The van der Waals surface area contributed by atoms with E-state index in [1.807, 2.05) is 24.9 Å². The number of aryl methyl sites for hydroxylation is 1. The van der Waals surface area contributed by atoms with Gasteiger partial charge in [0.25, 0.3) is 5.91 Å². The fourth-order valence-electron chi connectivity index (χ4n) is 2.56. The minimum Gasteiger partial charge on any atom is -0.337 e. The van der Waals surface area contributed by atoms with Crippen molar-refractivity contribution in [2.75, 3.05) is 12.5 Å². The molecule has 0 spiro atoms. The Morgan fingerprint density at radius 3 is 2.79 bits per heavy atom. The molecule has 5 heteroatoms. The number of pyridine rings is 1. The van der Waals surface area contributed by atoms with Gasteiger partial charge in [-0.05, 0) is 44.2 Å². The number of nitrogens with zero attached hydrogens (tertiary/aromatic N) is 2. The van der Waals surface area contributed by atoms with Gasteiger partial charge in [0.05, 0.1) is 5.69 Å². The van der Waals surface area contributed by atoms with Gasteiger partial charge in [-0.15, -0.1) is 0 Å². The summed E-state index contributed by atoms with van der Waals surface area (Å²) >= 11 is 0. The van der Waals surface area contributed by atoms with Crippen molar-refractivity contribution in [1.29, 1.82) is 0 Å². The van der Waals surface area contributed by atoms with E-state index in [0.717, 1.165) is 12.1 Å². The Morgan fingerprint density at radius 1 is 1.58 bits per heavy atom. The Kier molecular flexibility index (Phi) is 4.04. The Labute approximate surface area is 114 Å². The second kappa shape index (κ2) is 5.57. The van der Waals surface area contributed by atoms with Crippen LogP contribution in [0.5, 0.6) is 0 Å². The van der Waals surface area contributed by atoms with Gasteiger partial charge in [0, 0.05) is 18.8 Å². The summed E-state index contributed by atoms with van der Waals surface area (Å²) in [4.78, 5) is 18.7. The maximum atomic E-state index is 12.6. The van der Waals surface area contributed by atoms with Crippen LogP contribution in [0, 0.1) is 12.8 Å². The van der Waals surface area contributed by atoms with Crippen LogP contribution in [0.4, 0.5) is 5.69 Å². The lowest BCUT2D eigenvalue weighted by molar-refractivity contribution is 0.0703. The van der Waals surface area contributed by atoms with E-state index in [0.29, 0.717) is 23.3 Å². The smallest absolute Gasteiger partial charge is 0.274 e. The number of hydrogen-bond acceptors (Lipinski definition) is 4. The molecule has 1 fully saturated rings. The fourth-order valence-corrected chi connectivity index (χ4v) is 2.56. The van der Waals surface area contributed by atoms with E-state index >= 15 is 0 Å². The minimum atomic E-state index is -0.0598. The minimum absolute atomic E-state index is 0.0598. The second-order valence-electron chi connectivity index (χ2n) is 5.22. The number of aromatic nitrogens is 1. The van der Waals surface area contributed by atoms with Crippen LogP contribution in [0.3, 0.4) is 0 Å². The highest BCUT2D eigenvalue weighted by atomic mass is 16.2. The first-order valence-electron chi connectivity index (χ1n) is 6.79. The molecule has 3 N–H and O–H groups in total. The SMILES string of the molecule is CCC(C1CC1)N(C)C(=O)c1nc(C)ccc1NN. The van der Waals surface area contributed by atoms with Crippen molar-refractivity contribution in [2.24, 2.45) is 11.8 Å². The molecule has 2 rings (SSSR count). The second-order valence-corrected chi connectivity index (χ2v) is 5.22. The van der Waals surface area contributed by atoms with E-state index in [1.165, 1.54) is 12.8 Å². The van der Waals surface area contributed by atoms with Gasteiger partial charge in [-0.3, -0.25) is 10.6 Å². The topological polar surface area (TPSA) is 71.2 Å². The Balaban J connectivity index is 2.24. The number of nitrogen functional groups attached to an aromatic ring is 1. The molecular weight excluding hydrogens is 240 g/mol. The number of hydrazine groups is 1. The summed E-state index contributed by atoms with van der Waals surface area (Å²) in [7, 11) is 1.86. The highest BCUT2D eigenvalue weighted by molar-refractivity contribution is 5.97. The van der Waals surface area contributed by atoms with Crippen LogP contribution < -0.4 is 11.3 Å². The van der Waals surface area contributed by atoms with E-state index in [-0.39, 0.29) is 5.91 Å². The molecule has 1 saturated carbocycles. The molecule has 1 aromatic rings. The quantitative estimate of drug-likeness (QED) is 0.628. The molecule has 1 atom stereocenters. The van der Waals surface area contributed by atoms with E-state index in [2.05, 4.69) is 17.3 Å². The van der Waals surface area contributed by atoms with Gasteiger partial charge < -0.3 is 10.3 Å². The van der Waals surface area contributed by atoms with Gasteiger partial charge >= 0.3 is 0 Å². The average molecular weight is 262 g/mol. The Morgan fingerprint density at radius 2 is 2.26 bits per heavy atom. The number of anilines is 1. The average Bonchev–Trinajstić information content (AvgIpc) is 3.23. The summed E-state index contributed by atoms with van der Waals surface area (Å²) in [6.07, 6.45) is 3.42. The van der Waals surface area contributed by atoms with Crippen molar-refractivity contribution in [2.45, 2.75) is 39.2 Å². The Bertz CT molecular complexity index is 471.